The second-order valence-corrected chi connectivity index (χ2v) is 5.41. The molecule has 0 N–H and O–H groups in total. The molecule has 0 saturated heterocycles. The summed E-state index contributed by atoms with van der Waals surface area (Å²) in [6.07, 6.45) is 0.900. The van der Waals surface area contributed by atoms with Gasteiger partial charge in [-0.3, -0.25) is 0 Å². The van der Waals surface area contributed by atoms with Crippen LogP contribution in [0.15, 0.2) is 36.4 Å². The van der Waals surface area contributed by atoms with Crippen LogP contribution in [-0.2, 0) is 11.8 Å². The lowest BCUT2D eigenvalue weighted by molar-refractivity contribution is 0.478. The standard InChI is InChI=1S/C16H16BrClO/c1-3-13-9-14(5-6-15(13)18)19-16-7-4-12(10-17)8-11(16)2/h4-9H,3,10H2,1-2H3. The predicted octanol–water partition coefficient (Wildman–Crippen LogP) is 5.90. The van der Waals surface area contributed by atoms with E-state index in [4.69, 9.17) is 16.3 Å². The average Bonchev–Trinajstić information content (AvgIpc) is 2.43. The maximum absolute atomic E-state index is 6.11. The largest absolute Gasteiger partial charge is 0.457 e. The van der Waals surface area contributed by atoms with Crippen LogP contribution in [0.25, 0.3) is 0 Å². The van der Waals surface area contributed by atoms with Crippen LogP contribution in [0.1, 0.15) is 23.6 Å². The third-order valence-corrected chi connectivity index (χ3v) is 4.04. The number of halogens is 2. The molecule has 0 aliphatic carbocycles. The number of benzene rings is 2. The molecule has 0 aliphatic rings. The van der Waals surface area contributed by atoms with E-state index in [1.165, 1.54) is 5.56 Å². The average molecular weight is 340 g/mol. The van der Waals surface area contributed by atoms with Gasteiger partial charge in [0.25, 0.3) is 0 Å². The molecule has 1 nitrogen and oxygen atoms in total. The van der Waals surface area contributed by atoms with Crippen molar-refractivity contribution in [2.75, 3.05) is 0 Å². The number of alkyl halides is 1. The van der Waals surface area contributed by atoms with Gasteiger partial charge in [-0.15, -0.1) is 0 Å². The summed E-state index contributed by atoms with van der Waals surface area (Å²) >= 11 is 9.56. The predicted molar refractivity (Wildman–Crippen MR) is 84.7 cm³/mol. The molecule has 0 radical (unpaired) electrons. The van der Waals surface area contributed by atoms with Gasteiger partial charge in [0.05, 0.1) is 0 Å². The molecular weight excluding hydrogens is 324 g/mol. The van der Waals surface area contributed by atoms with E-state index in [-0.39, 0.29) is 0 Å². The molecule has 2 aromatic carbocycles. The fraction of sp³-hybridized carbons (Fsp3) is 0.250. The Morgan fingerprint density at radius 1 is 1.16 bits per heavy atom. The van der Waals surface area contributed by atoms with E-state index >= 15 is 0 Å². The summed E-state index contributed by atoms with van der Waals surface area (Å²) < 4.78 is 5.93. The van der Waals surface area contributed by atoms with Gasteiger partial charge >= 0.3 is 0 Å². The van der Waals surface area contributed by atoms with Crippen LogP contribution in [0.2, 0.25) is 5.02 Å². The maximum atomic E-state index is 6.11. The SMILES string of the molecule is CCc1cc(Oc2ccc(CBr)cc2C)ccc1Cl. The third kappa shape index (κ3) is 3.52. The first kappa shape index (κ1) is 14.4. The van der Waals surface area contributed by atoms with Gasteiger partial charge in [0.1, 0.15) is 11.5 Å². The molecule has 0 saturated carbocycles. The van der Waals surface area contributed by atoms with Gasteiger partial charge in [-0.05, 0) is 54.3 Å². The van der Waals surface area contributed by atoms with Crippen molar-refractivity contribution in [2.24, 2.45) is 0 Å². The van der Waals surface area contributed by atoms with Gasteiger partial charge in [0.2, 0.25) is 0 Å². The zero-order chi connectivity index (χ0) is 13.8. The van der Waals surface area contributed by atoms with Crippen LogP contribution in [0, 0.1) is 6.92 Å². The molecule has 2 aromatic rings. The molecule has 100 valence electrons. The third-order valence-electron chi connectivity index (χ3n) is 3.02. The van der Waals surface area contributed by atoms with Crippen LogP contribution < -0.4 is 4.74 Å². The highest BCUT2D eigenvalue weighted by molar-refractivity contribution is 9.08. The number of hydrogen-bond donors (Lipinski definition) is 0. The smallest absolute Gasteiger partial charge is 0.130 e. The van der Waals surface area contributed by atoms with E-state index in [9.17, 15) is 0 Å². The van der Waals surface area contributed by atoms with Crippen molar-refractivity contribution in [1.29, 1.82) is 0 Å². The maximum Gasteiger partial charge on any atom is 0.130 e. The number of aryl methyl sites for hydroxylation is 2. The Morgan fingerprint density at radius 3 is 2.58 bits per heavy atom. The fourth-order valence-corrected chi connectivity index (χ4v) is 2.52. The number of rotatable bonds is 4. The molecule has 0 aromatic heterocycles. The normalized spacial score (nSPS) is 10.5. The zero-order valence-electron chi connectivity index (χ0n) is 11.0. The van der Waals surface area contributed by atoms with Gasteiger partial charge < -0.3 is 4.74 Å². The Balaban J connectivity index is 2.26. The summed E-state index contributed by atoms with van der Waals surface area (Å²) in [6, 6.07) is 12.0. The molecule has 2 rings (SSSR count). The van der Waals surface area contributed by atoms with Crippen molar-refractivity contribution in [1.82, 2.24) is 0 Å². The van der Waals surface area contributed by atoms with Crippen LogP contribution in [0.3, 0.4) is 0 Å². The fourth-order valence-electron chi connectivity index (χ4n) is 1.92. The zero-order valence-corrected chi connectivity index (χ0v) is 13.4. The van der Waals surface area contributed by atoms with Crippen LogP contribution >= 0.6 is 27.5 Å². The van der Waals surface area contributed by atoms with Crippen LogP contribution in [-0.4, -0.2) is 0 Å². The quantitative estimate of drug-likeness (QED) is 0.630. The first-order valence-corrected chi connectivity index (χ1v) is 7.75. The Kier molecular flexibility index (Phi) is 4.89. The number of ether oxygens (including phenoxy) is 1. The topological polar surface area (TPSA) is 9.23 Å². The molecule has 19 heavy (non-hydrogen) atoms. The van der Waals surface area contributed by atoms with Gasteiger partial charge in [0.15, 0.2) is 0 Å². The second-order valence-electron chi connectivity index (χ2n) is 4.44. The molecule has 0 atom stereocenters. The minimum absolute atomic E-state index is 0.793. The Hall–Kier alpha value is -0.990. The summed E-state index contributed by atoms with van der Waals surface area (Å²) in [6.45, 7) is 4.14. The van der Waals surface area contributed by atoms with Gasteiger partial charge in [-0.25, -0.2) is 0 Å². The van der Waals surface area contributed by atoms with E-state index < -0.39 is 0 Å². The molecule has 0 bridgehead atoms. The summed E-state index contributed by atoms with van der Waals surface area (Å²) in [7, 11) is 0. The molecule has 0 amide bonds. The van der Waals surface area contributed by atoms with E-state index in [1.807, 2.05) is 24.3 Å². The van der Waals surface area contributed by atoms with Gasteiger partial charge in [0, 0.05) is 10.4 Å². The van der Waals surface area contributed by atoms with E-state index in [2.05, 4.69) is 41.9 Å². The molecule has 0 fully saturated rings. The summed E-state index contributed by atoms with van der Waals surface area (Å²) in [5, 5.41) is 1.65. The van der Waals surface area contributed by atoms with Crippen LogP contribution in [0.4, 0.5) is 0 Å². The molecule has 0 aliphatic heterocycles. The first-order valence-electron chi connectivity index (χ1n) is 6.25. The number of hydrogen-bond acceptors (Lipinski definition) is 1. The minimum atomic E-state index is 0.793. The molecular formula is C16H16BrClO. The highest BCUT2D eigenvalue weighted by Gasteiger charge is 2.05. The monoisotopic (exact) mass is 338 g/mol. The van der Waals surface area contributed by atoms with Crippen molar-refractivity contribution >= 4 is 27.5 Å². The summed E-state index contributed by atoms with van der Waals surface area (Å²) in [5.41, 5.74) is 3.48. The van der Waals surface area contributed by atoms with Crippen molar-refractivity contribution in [3.63, 3.8) is 0 Å². The van der Waals surface area contributed by atoms with Crippen molar-refractivity contribution in [3.05, 3.63) is 58.1 Å². The first-order chi connectivity index (χ1) is 9.13. The van der Waals surface area contributed by atoms with E-state index in [1.54, 1.807) is 0 Å². The Bertz CT molecular complexity index is 581. The lowest BCUT2D eigenvalue weighted by atomic mass is 10.1. The molecule has 0 heterocycles. The van der Waals surface area contributed by atoms with Gasteiger partial charge in [-0.1, -0.05) is 46.6 Å². The van der Waals surface area contributed by atoms with E-state index in [0.717, 1.165) is 39.4 Å². The Labute approximate surface area is 127 Å². The minimum Gasteiger partial charge on any atom is -0.457 e. The van der Waals surface area contributed by atoms with Crippen molar-refractivity contribution in [3.8, 4) is 11.5 Å². The second kappa shape index (κ2) is 6.44. The van der Waals surface area contributed by atoms with Crippen molar-refractivity contribution in [2.45, 2.75) is 25.6 Å². The van der Waals surface area contributed by atoms with Crippen LogP contribution in [0.5, 0.6) is 11.5 Å². The highest BCUT2D eigenvalue weighted by atomic mass is 79.9. The van der Waals surface area contributed by atoms with E-state index in [0.29, 0.717) is 0 Å². The summed E-state index contributed by atoms with van der Waals surface area (Å²) in [4.78, 5) is 0. The summed E-state index contributed by atoms with van der Waals surface area (Å²) in [5.74, 6) is 1.71. The Morgan fingerprint density at radius 2 is 1.95 bits per heavy atom. The van der Waals surface area contributed by atoms with Gasteiger partial charge in [-0.2, -0.15) is 0 Å². The van der Waals surface area contributed by atoms with Crippen molar-refractivity contribution < 1.29 is 4.74 Å². The lowest BCUT2D eigenvalue weighted by Gasteiger charge is -2.11. The lowest BCUT2D eigenvalue weighted by Crippen LogP contribution is -1.91. The molecule has 0 spiro atoms. The molecule has 0 unspecified atom stereocenters. The highest BCUT2D eigenvalue weighted by Crippen LogP contribution is 2.29. The molecule has 3 heteroatoms.